The van der Waals surface area contributed by atoms with Gasteiger partial charge in [-0.15, -0.1) is 0 Å². The van der Waals surface area contributed by atoms with Gasteiger partial charge in [0.15, 0.2) is 11.2 Å². The van der Waals surface area contributed by atoms with Gasteiger partial charge in [-0.25, -0.2) is 14.2 Å². The number of hydrogen-bond acceptors (Lipinski definition) is 4. The molecule has 32 heavy (non-hydrogen) atoms. The summed E-state index contributed by atoms with van der Waals surface area (Å²) in [5, 5.41) is 9.19. The maximum atomic E-state index is 13.7. The molecule has 4 rings (SSSR count). The second kappa shape index (κ2) is 8.92. The van der Waals surface area contributed by atoms with Gasteiger partial charge in [0.1, 0.15) is 12.0 Å². The SMILES string of the molecule is CC(F)c1ccc(-c2nc3c(c(=O)n(CCCO)c(=O)n3C)n2Cc2ccccc2)cc1. The number of halogens is 1. The molecule has 0 aliphatic rings. The molecular formula is C24H25FN4O3. The second-order valence-electron chi connectivity index (χ2n) is 7.79. The summed E-state index contributed by atoms with van der Waals surface area (Å²) in [6.07, 6.45) is -0.796. The quantitative estimate of drug-likeness (QED) is 0.483. The topological polar surface area (TPSA) is 82.1 Å². The lowest BCUT2D eigenvalue weighted by molar-refractivity contribution is 0.277. The van der Waals surface area contributed by atoms with Crippen molar-refractivity contribution < 1.29 is 9.50 Å². The minimum Gasteiger partial charge on any atom is -0.396 e. The molecule has 0 bridgehead atoms. The molecule has 1 atom stereocenters. The maximum absolute atomic E-state index is 13.7. The van der Waals surface area contributed by atoms with Crippen LogP contribution in [0.3, 0.4) is 0 Å². The van der Waals surface area contributed by atoms with Crippen LogP contribution in [-0.4, -0.2) is 30.4 Å². The molecule has 166 valence electrons. The molecule has 0 saturated carbocycles. The smallest absolute Gasteiger partial charge is 0.332 e. The minimum atomic E-state index is -1.09. The zero-order valence-corrected chi connectivity index (χ0v) is 18.0. The van der Waals surface area contributed by atoms with E-state index >= 15 is 0 Å². The average Bonchev–Trinajstić information content (AvgIpc) is 3.18. The number of alkyl halides is 1. The Morgan fingerprint density at radius 2 is 1.72 bits per heavy atom. The van der Waals surface area contributed by atoms with Gasteiger partial charge in [-0.05, 0) is 24.5 Å². The number of hydrogen-bond donors (Lipinski definition) is 1. The van der Waals surface area contributed by atoms with E-state index in [2.05, 4.69) is 4.98 Å². The number of aliphatic hydroxyl groups is 1. The van der Waals surface area contributed by atoms with Crippen LogP contribution in [0.1, 0.15) is 30.6 Å². The molecule has 0 aliphatic heterocycles. The van der Waals surface area contributed by atoms with Gasteiger partial charge in [-0.2, -0.15) is 0 Å². The van der Waals surface area contributed by atoms with Crippen molar-refractivity contribution in [1.82, 2.24) is 18.7 Å². The summed E-state index contributed by atoms with van der Waals surface area (Å²) >= 11 is 0. The minimum absolute atomic E-state index is 0.118. The van der Waals surface area contributed by atoms with E-state index in [1.165, 1.54) is 11.5 Å². The molecule has 0 aliphatic carbocycles. The molecular weight excluding hydrogens is 411 g/mol. The summed E-state index contributed by atoms with van der Waals surface area (Å²) in [5.41, 5.74) is 1.92. The van der Waals surface area contributed by atoms with Crippen molar-refractivity contribution in [3.8, 4) is 11.4 Å². The highest BCUT2D eigenvalue weighted by Crippen LogP contribution is 2.26. The Labute approximate surface area is 184 Å². The number of fused-ring (bicyclic) bond motifs is 1. The lowest BCUT2D eigenvalue weighted by Gasteiger charge is -2.12. The molecule has 2 heterocycles. The number of benzene rings is 2. The predicted molar refractivity (Wildman–Crippen MR) is 121 cm³/mol. The van der Waals surface area contributed by atoms with E-state index in [0.717, 1.165) is 15.7 Å². The fourth-order valence-electron chi connectivity index (χ4n) is 3.84. The van der Waals surface area contributed by atoms with Gasteiger partial charge < -0.3 is 9.67 Å². The summed E-state index contributed by atoms with van der Waals surface area (Å²) in [5.74, 6) is 0.522. The Hall–Kier alpha value is -3.52. The summed E-state index contributed by atoms with van der Waals surface area (Å²) in [7, 11) is 1.58. The Balaban J connectivity index is 1.99. The summed E-state index contributed by atoms with van der Waals surface area (Å²) in [6.45, 7) is 1.85. The van der Waals surface area contributed by atoms with E-state index in [1.807, 2.05) is 30.3 Å². The Morgan fingerprint density at radius 3 is 2.34 bits per heavy atom. The van der Waals surface area contributed by atoms with Gasteiger partial charge in [-0.1, -0.05) is 54.6 Å². The van der Waals surface area contributed by atoms with E-state index in [0.29, 0.717) is 29.9 Å². The Kier molecular flexibility index (Phi) is 6.05. The zero-order chi connectivity index (χ0) is 22.8. The van der Waals surface area contributed by atoms with E-state index in [4.69, 9.17) is 0 Å². The first-order chi connectivity index (χ1) is 15.4. The number of rotatable bonds is 7. The summed E-state index contributed by atoms with van der Waals surface area (Å²) in [6, 6.07) is 16.6. The molecule has 1 N–H and O–H groups in total. The highest BCUT2D eigenvalue weighted by molar-refractivity contribution is 5.77. The van der Waals surface area contributed by atoms with Crippen LogP contribution in [0.25, 0.3) is 22.6 Å². The molecule has 2 aromatic heterocycles. The standard InChI is InChI=1S/C24H25FN4O3/c1-16(25)18-9-11-19(12-10-18)21-26-22-20(29(21)15-17-7-4-3-5-8-17)23(31)28(13-6-14-30)24(32)27(22)2/h3-5,7-12,16,30H,6,13-15H2,1-2H3. The molecule has 0 fully saturated rings. The molecule has 7 nitrogen and oxygen atoms in total. The largest absolute Gasteiger partial charge is 0.396 e. The lowest BCUT2D eigenvalue weighted by Crippen LogP contribution is -2.39. The molecule has 1 unspecified atom stereocenters. The van der Waals surface area contributed by atoms with Crippen LogP contribution in [0.15, 0.2) is 64.2 Å². The van der Waals surface area contributed by atoms with Crippen molar-refractivity contribution in [2.45, 2.75) is 32.6 Å². The molecule has 8 heteroatoms. The van der Waals surface area contributed by atoms with Crippen molar-refractivity contribution in [2.24, 2.45) is 7.05 Å². The molecule has 4 aromatic rings. The maximum Gasteiger partial charge on any atom is 0.332 e. The number of nitrogens with zero attached hydrogens (tertiary/aromatic N) is 4. The number of imidazole rings is 1. The third-order valence-electron chi connectivity index (χ3n) is 5.58. The first-order valence-corrected chi connectivity index (χ1v) is 10.5. The van der Waals surface area contributed by atoms with E-state index < -0.39 is 17.4 Å². The van der Waals surface area contributed by atoms with Gasteiger partial charge in [0, 0.05) is 32.3 Å². The highest BCUT2D eigenvalue weighted by atomic mass is 19.1. The normalized spacial score (nSPS) is 12.4. The second-order valence-corrected chi connectivity index (χ2v) is 7.79. The first-order valence-electron chi connectivity index (χ1n) is 10.5. The monoisotopic (exact) mass is 436 g/mol. The zero-order valence-electron chi connectivity index (χ0n) is 18.0. The fraction of sp³-hybridized carbons (Fsp3) is 0.292. The van der Waals surface area contributed by atoms with Gasteiger partial charge in [0.25, 0.3) is 5.56 Å². The lowest BCUT2D eigenvalue weighted by atomic mass is 10.1. The van der Waals surface area contributed by atoms with Crippen LogP contribution in [-0.2, 0) is 20.1 Å². The van der Waals surface area contributed by atoms with E-state index in [9.17, 15) is 19.1 Å². The van der Waals surface area contributed by atoms with Crippen LogP contribution < -0.4 is 11.2 Å². The third kappa shape index (κ3) is 3.89. The molecule has 0 radical (unpaired) electrons. The molecule has 2 aromatic carbocycles. The van der Waals surface area contributed by atoms with Gasteiger partial charge in [0.2, 0.25) is 0 Å². The van der Waals surface area contributed by atoms with Crippen LogP contribution >= 0.6 is 0 Å². The van der Waals surface area contributed by atoms with Gasteiger partial charge in [-0.3, -0.25) is 13.9 Å². The number of aryl methyl sites for hydroxylation is 1. The summed E-state index contributed by atoms with van der Waals surface area (Å²) in [4.78, 5) is 30.8. The van der Waals surface area contributed by atoms with Crippen LogP contribution in [0, 0.1) is 0 Å². The van der Waals surface area contributed by atoms with Gasteiger partial charge >= 0.3 is 5.69 Å². The first kappa shape index (κ1) is 21.7. The highest BCUT2D eigenvalue weighted by Gasteiger charge is 2.21. The van der Waals surface area contributed by atoms with Crippen molar-refractivity contribution in [2.75, 3.05) is 6.61 Å². The molecule has 0 saturated heterocycles. The fourth-order valence-corrected chi connectivity index (χ4v) is 3.84. The summed E-state index contributed by atoms with van der Waals surface area (Å²) < 4.78 is 18.0. The van der Waals surface area contributed by atoms with E-state index in [-0.39, 0.29) is 18.8 Å². The van der Waals surface area contributed by atoms with Crippen molar-refractivity contribution in [3.63, 3.8) is 0 Å². The average molecular weight is 436 g/mol. The van der Waals surface area contributed by atoms with Crippen molar-refractivity contribution in [3.05, 3.63) is 86.6 Å². The van der Waals surface area contributed by atoms with Crippen molar-refractivity contribution >= 4 is 11.2 Å². The number of aromatic nitrogens is 4. The van der Waals surface area contributed by atoms with Crippen molar-refractivity contribution in [1.29, 1.82) is 0 Å². The molecule has 0 amide bonds. The van der Waals surface area contributed by atoms with Crippen LogP contribution in [0.2, 0.25) is 0 Å². The van der Waals surface area contributed by atoms with Gasteiger partial charge in [0.05, 0.1) is 0 Å². The van der Waals surface area contributed by atoms with E-state index in [1.54, 1.807) is 35.9 Å². The van der Waals surface area contributed by atoms with Crippen LogP contribution in [0.5, 0.6) is 0 Å². The predicted octanol–water partition coefficient (Wildman–Crippen LogP) is 3.02. The molecule has 0 spiro atoms. The third-order valence-corrected chi connectivity index (χ3v) is 5.58. The number of aliphatic hydroxyl groups excluding tert-OH is 1. The van der Waals surface area contributed by atoms with Crippen LogP contribution in [0.4, 0.5) is 4.39 Å². The Bertz CT molecular complexity index is 1350. The Morgan fingerprint density at radius 1 is 1.03 bits per heavy atom.